The Morgan fingerprint density at radius 2 is 2.27 bits per heavy atom. The normalized spacial score (nSPS) is 16.3. The van der Waals surface area contributed by atoms with E-state index in [4.69, 9.17) is 4.52 Å². The highest BCUT2D eigenvalue weighted by Crippen LogP contribution is 2.20. The molecular weight excluding hydrogens is 192 g/mol. The highest BCUT2D eigenvalue weighted by molar-refractivity contribution is 5.47. The first-order valence-electron chi connectivity index (χ1n) is 4.89. The fourth-order valence-electron chi connectivity index (χ4n) is 1.46. The van der Waals surface area contributed by atoms with Crippen LogP contribution in [0, 0.1) is 0 Å². The number of nitrogens with zero attached hydrogens (tertiary/aromatic N) is 3. The van der Waals surface area contributed by atoms with E-state index in [0.717, 1.165) is 18.8 Å². The van der Waals surface area contributed by atoms with Crippen LogP contribution in [-0.2, 0) is 0 Å². The van der Waals surface area contributed by atoms with Gasteiger partial charge in [0.05, 0.1) is 5.92 Å². The molecule has 1 aliphatic heterocycles. The third-order valence-electron chi connectivity index (χ3n) is 2.47. The van der Waals surface area contributed by atoms with Crippen molar-refractivity contribution in [1.82, 2.24) is 20.4 Å². The van der Waals surface area contributed by atoms with Gasteiger partial charge in [0.25, 0.3) is 0 Å². The molecule has 0 atom stereocenters. The Bertz CT molecular complexity index is 449. The molecule has 0 aliphatic carbocycles. The van der Waals surface area contributed by atoms with Crippen LogP contribution < -0.4 is 5.32 Å². The van der Waals surface area contributed by atoms with E-state index in [9.17, 15) is 0 Å². The number of pyridine rings is 1. The molecule has 0 amide bonds. The van der Waals surface area contributed by atoms with Crippen molar-refractivity contribution in [3.8, 4) is 11.5 Å². The first kappa shape index (κ1) is 8.55. The lowest BCUT2D eigenvalue weighted by Crippen LogP contribution is -2.40. The molecule has 0 spiro atoms. The lowest BCUT2D eigenvalue weighted by molar-refractivity contribution is 0.308. The van der Waals surface area contributed by atoms with Gasteiger partial charge in [0.1, 0.15) is 5.69 Å². The number of nitrogens with one attached hydrogen (secondary N) is 1. The number of aromatic nitrogens is 3. The SMILES string of the molecule is c1ccc(-c2noc(C3CNC3)n2)nc1. The summed E-state index contributed by atoms with van der Waals surface area (Å²) in [4.78, 5) is 8.49. The van der Waals surface area contributed by atoms with Crippen molar-refractivity contribution in [2.75, 3.05) is 13.1 Å². The third kappa shape index (κ3) is 1.50. The van der Waals surface area contributed by atoms with E-state index in [1.54, 1.807) is 6.20 Å². The summed E-state index contributed by atoms with van der Waals surface area (Å²) < 4.78 is 5.18. The van der Waals surface area contributed by atoms with Crippen LogP contribution in [0.5, 0.6) is 0 Å². The third-order valence-corrected chi connectivity index (χ3v) is 2.47. The molecular formula is C10H10N4O. The largest absolute Gasteiger partial charge is 0.339 e. The molecule has 3 rings (SSSR count). The molecule has 0 unspecified atom stereocenters. The zero-order valence-corrected chi connectivity index (χ0v) is 8.05. The van der Waals surface area contributed by atoms with Gasteiger partial charge in [-0.1, -0.05) is 11.2 Å². The van der Waals surface area contributed by atoms with Crippen molar-refractivity contribution < 1.29 is 4.52 Å². The fourth-order valence-corrected chi connectivity index (χ4v) is 1.46. The summed E-state index contributed by atoms with van der Waals surface area (Å²) in [5.41, 5.74) is 0.750. The Labute approximate surface area is 86.5 Å². The van der Waals surface area contributed by atoms with E-state index in [-0.39, 0.29) is 0 Å². The van der Waals surface area contributed by atoms with Gasteiger partial charge in [-0.15, -0.1) is 0 Å². The molecule has 76 valence electrons. The zero-order valence-electron chi connectivity index (χ0n) is 8.05. The van der Waals surface area contributed by atoms with E-state index in [0.29, 0.717) is 17.6 Å². The molecule has 0 saturated carbocycles. The van der Waals surface area contributed by atoms with E-state index in [1.165, 1.54) is 0 Å². The Balaban J connectivity index is 1.90. The lowest BCUT2D eigenvalue weighted by atomic mass is 10.0. The van der Waals surface area contributed by atoms with Crippen molar-refractivity contribution in [1.29, 1.82) is 0 Å². The second-order valence-electron chi connectivity index (χ2n) is 3.53. The maximum atomic E-state index is 5.18. The van der Waals surface area contributed by atoms with Gasteiger partial charge < -0.3 is 9.84 Å². The molecule has 1 aliphatic rings. The zero-order chi connectivity index (χ0) is 10.1. The minimum Gasteiger partial charge on any atom is -0.339 e. The maximum absolute atomic E-state index is 5.18. The molecule has 15 heavy (non-hydrogen) atoms. The molecule has 3 heterocycles. The van der Waals surface area contributed by atoms with Crippen LogP contribution in [0.15, 0.2) is 28.9 Å². The van der Waals surface area contributed by atoms with Gasteiger partial charge in [-0.2, -0.15) is 4.98 Å². The van der Waals surface area contributed by atoms with Crippen LogP contribution in [0.2, 0.25) is 0 Å². The Morgan fingerprint density at radius 1 is 1.33 bits per heavy atom. The first-order chi connectivity index (χ1) is 7.43. The van der Waals surface area contributed by atoms with Gasteiger partial charge in [-0.05, 0) is 12.1 Å². The monoisotopic (exact) mass is 202 g/mol. The van der Waals surface area contributed by atoms with Crippen LogP contribution in [-0.4, -0.2) is 28.2 Å². The molecule has 1 saturated heterocycles. The molecule has 0 radical (unpaired) electrons. The van der Waals surface area contributed by atoms with E-state index in [1.807, 2.05) is 18.2 Å². The van der Waals surface area contributed by atoms with Gasteiger partial charge in [0.2, 0.25) is 11.7 Å². The Hall–Kier alpha value is -1.75. The molecule has 1 fully saturated rings. The second kappa shape index (κ2) is 3.43. The topological polar surface area (TPSA) is 63.8 Å². The molecule has 0 bridgehead atoms. The number of hydrogen-bond acceptors (Lipinski definition) is 5. The quantitative estimate of drug-likeness (QED) is 0.781. The average molecular weight is 202 g/mol. The Morgan fingerprint density at radius 3 is 2.93 bits per heavy atom. The molecule has 1 N–H and O–H groups in total. The van der Waals surface area contributed by atoms with Crippen LogP contribution >= 0.6 is 0 Å². The number of hydrogen-bond donors (Lipinski definition) is 1. The van der Waals surface area contributed by atoms with Gasteiger partial charge in [0.15, 0.2) is 0 Å². The van der Waals surface area contributed by atoms with Crippen molar-refractivity contribution in [3.05, 3.63) is 30.3 Å². The summed E-state index contributed by atoms with van der Waals surface area (Å²) in [7, 11) is 0. The molecule has 5 heteroatoms. The standard InChI is InChI=1S/C10H10N4O/c1-2-4-12-8(3-1)9-13-10(15-14-9)7-5-11-6-7/h1-4,7,11H,5-6H2. The lowest BCUT2D eigenvalue weighted by Gasteiger charge is -2.22. The van der Waals surface area contributed by atoms with Gasteiger partial charge in [-0.3, -0.25) is 4.98 Å². The average Bonchev–Trinajstić information content (AvgIpc) is 2.66. The first-order valence-corrected chi connectivity index (χ1v) is 4.89. The molecule has 2 aromatic rings. The summed E-state index contributed by atoms with van der Waals surface area (Å²) in [5.74, 6) is 1.64. The van der Waals surface area contributed by atoms with E-state index >= 15 is 0 Å². The second-order valence-corrected chi connectivity index (χ2v) is 3.53. The van der Waals surface area contributed by atoms with Crippen LogP contribution in [0.1, 0.15) is 11.8 Å². The van der Waals surface area contributed by atoms with E-state index < -0.39 is 0 Å². The van der Waals surface area contributed by atoms with Crippen LogP contribution in [0.3, 0.4) is 0 Å². The van der Waals surface area contributed by atoms with Gasteiger partial charge >= 0.3 is 0 Å². The summed E-state index contributed by atoms with van der Waals surface area (Å²) in [6.45, 7) is 1.84. The Kier molecular flexibility index (Phi) is 1.96. The molecule has 5 nitrogen and oxygen atoms in total. The minimum absolute atomic E-state index is 0.370. The summed E-state index contributed by atoms with van der Waals surface area (Å²) in [6, 6.07) is 5.64. The number of rotatable bonds is 2. The van der Waals surface area contributed by atoms with Crippen molar-refractivity contribution in [2.24, 2.45) is 0 Å². The van der Waals surface area contributed by atoms with Gasteiger partial charge in [0, 0.05) is 19.3 Å². The molecule has 2 aromatic heterocycles. The predicted molar refractivity (Wildman–Crippen MR) is 53.1 cm³/mol. The minimum atomic E-state index is 0.370. The highest BCUT2D eigenvalue weighted by Gasteiger charge is 2.25. The fraction of sp³-hybridized carbons (Fsp3) is 0.300. The highest BCUT2D eigenvalue weighted by atomic mass is 16.5. The van der Waals surface area contributed by atoms with E-state index in [2.05, 4.69) is 20.4 Å². The van der Waals surface area contributed by atoms with Crippen LogP contribution in [0.25, 0.3) is 11.5 Å². The predicted octanol–water partition coefficient (Wildman–Crippen LogP) is 0.818. The summed E-state index contributed by atoms with van der Waals surface area (Å²) in [6.07, 6.45) is 1.72. The molecule has 0 aromatic carbocycles. The van der Waals surface area contributed by atoms with Gasteiger partial charge in [-0.25, -0.2) is 0 Å². The van der Waals surface area contributed by atoms with Crippen LogP contribution in [0.4, 0.5) is 0 Å². The maximum Gasteiger partial charge on any atom is 0.232 e. The summed E-state index contributed by atoms with van der Waals surface area (Å²) >= 11 is 0. The van der Waals surface area contributed by atoms with Crippen molar-refractivity contribution >= 4 is 0 Å². The summed E-state index contributed by atoms with van der Waals surface area (Å²) in [5, 5.41) is 7.08. The van der Waals surface area contributed by atoms with Crippen molar-refractivity contribution in [2.45, 2.75) is 5.92 Å². The van der Waals surface area contributed by atoms with Crippen molar-refractivity contribution in [3.63, 3.8) is 0 Å². The smallest absolute Gasteiger partial charge is 0.232 e.